The number of benzene rings is 3. The molecule has 4 aromatic rings. The fraction of sp³-hybridized carbons (Fsp3) is 0.222. The lowest BCUT2D eigenvalue weighted by molar-refractivity contribution is 0.102. The minimum Gasteiger partial charge on any atom is -0.378 e. The van der Waals surface area contributed by atoms with E-state index in [0.717, 1.165) is 17.8 Å². The molecule has 5 rings (SSSR count). The third-order valence-corrected chi connectivity index (χ3v) is 7.24. The third kappa shape index (κ3) is 4.84. The van der Waals surface area contributed by atoms with E-state index in [-0.39, 0.29) is 5.91 Å². The molecule has 0 bridgehead atoms. The Labute approximate surface area is 220 Å². The van der Waals surface area contributed by atoms with Crippen molar-refractivity contribution in [3.05, 3.63) is 93.5 Å². The number of anilines is 3. The number of hydrogen-bond acceptors (Lipinski definition) is 5. The molecule has 184 valence electrons. The van der Waals surface area contributed by atoms with Crippen molar-refractivity contribution in [1.29, 1.82) is 0 Å². The van der Waals surface area contributed by atoms with Crippen molar-refractivity contribution in [2.45, 2.75) is 18.4 Å². The molecule has 3 N–H and O–H groups in total. The van der Waals surface area contributed by atoms with Crippen molar-refractivity contribution in [3.63, 3.8) is 0 Å². The smallest absolute Gasteiger partial charge is 0.255 e. The number of carbonyl (C=O) groups is 1. The normalized spacial score (nSPS) is 16.4. The molecular weight excluding hydrogens is 488 g/mol. The first-order valence-electron chi connectivity index (χ1n) is 11.7. The molecule has 0 radical (unpaired) electrons. The van der Waals surface area contributed by atoms with Crippen molar-refractivity contribution < 1.29 is 4.79 Å². The summed E-state index contributed by atoms with van der Waals surface area (Å²) in [4.78, 5) is 17.3. The molecule has 7 nitrogen and oxygen atoms in total. The molecule has 1 aromatic heterocycles. The Hall–Kier alpha value is -3.69. The third-order valence-electron chi connectivity index (χ3n) is 6.67. The summed E-state index contributed by atoms with van der Waals surface area (Å²) in [5.41, 5.74) is 5.71. The van der Waals surface area contributed by atoms with E-state index in [2.05, 4.69) is 70.7 Å². The highest BCUT2D eigenvalue weighted by molar-refractivity contribution is 7.72. The zero-order valence-corrected chi connectivity index (χ0v) is 22.0. The van der Waals surface area contributed by atoms with E-state index in [4.69, 9.17) is 24.4 Å². The van der Waals surface area contributed by atoms with Crippen LogP contribution in [0.1, 0.15) is 28.3 Å². The predicted molar refractivity (Wildman–Crippen MR) is 151 cm³/mol. The van der Waals surface area contributed by atoms with E-state index in [1.165, 1.54) is 11.3 Å². The van der Waals surface area contributed by atoms with E-state index in [0.29, 0.717) is 32.8 Å². The molecule has 3 aromatic carbocycles. The molecule has 2 atom stereocenters. The topological polar surface area (TPSA) is 72.1 Å². The first-order chi connectivity index (χ1) is 17.3. The van der Waals surface area contributed by atoms with Gasteiger partial charge in [-0.25, -0.2) is 0 Å². The van der Waals surface area contributed by atoms with E-state index in [9.17, 15) is 4.79 Å². The quantitative estimate of drug-likeness (QED) is 0.267. The van der Waals surface area contributed by atoms with Gasteiger partial charge in [0, 0.05) is 55.7 Å². The van der Waals surface area contributed by atoms with Gasteiger partial charge in [-0.3, -0.25) is 19.6 Å². The minimum atomic E-state index is -0.172. The number of nitrogens with one attached hydrogen (secondary N) is 3. The van der Waals surface area contributed by atoms with Gasteiger partial charge in [-0.15, -0.1) is 0 Å². The van der Waals surface area contributed by atoms with Crippen LogP contribution < -0.4 is 15.1 Å². The lowest BCUT2D eigenvalue weighted by Crippen LogP contribution is -2.21. The monoisotopic (exact) mass is 516 g/mol. The Morgan fingerprint density at radius 2 is 1.56 bits per heavy atom. The standard InChI is InChI=1S/C27H28N6OS2/c1-31(2)20-11-7-17(8-12-20)23-16-24(23)32(3)21-13-9-18(10-14-21)25(34)28-19-5-4-6-22(15-19)33-26(35)29-30-27(33)36/h4-15,23-24H,16H2,1-3H3,(H,28,34)(H,29,35)(H,30,36). The molecule has 9 heteroatoms. The van der Waals surface area contributed by atoms with Gasteiger partial charge in [-0.2, -0.15) is 0 Å². The Bertz CT molecular complexity index is 1470. The number of aromatic amines is 2. The summed E-state index contributed by atoms with van der Waals surface area (Å²) in [6.45, 7) is 0. The summed E-state index contributed by atoms with van der Waals surface area (Å²) in [6, 6.07) is 24.4. The van der Waals surface area contributed by atoms with Crippen LogP contribution in [0.5, 0.6) is 0 Å². The van der Waals surface area contributed by atoms with Gasteiger partial charge in [0.25, 0.3) is 5.91 Å². The summed E-state index contributed by atoms with van der Waals surface area (Å²) in [5.74, 6) is 0.359. The van der Waals surface area contributed by atoms with Crippen LogP contribution in [0, 0.1) is 9.54 Å². The average molecular weight is 517 g/mol. The van der Waals surface area contributed by atoms with Gasteiger partial charge >= 0.3 is 0 Å². The maximum absolute atomic E-state index is 12.9. The van der Waals surface area contributed by atoms with E-state index in [1.807, 2.05) is 48.5 Å². The number of nitrogens with zero attached hydrogens (tertiary/aromatic N) is 3. The number of hydrogen-bond donors (Lipinski definition) is 3. The number of rotatable bonds is 7. The molecule has 36 heavy (non-hydrogen) atoms. The van der Waals surface area contributed by atoms with E-state index >= 15 is 0 Å². The fourth-order valence-corrected chi connectivity index (χ4v) is 5.05. The Kier molecular flexibility index (Phi) is 6.51. The highest BCUT2D eigenvalue weighted by Crippen LogP contribution is 2.45. The van der Waals surface area contributed by atoms with Gasteiger partial charge in [0.05, 0.1) is 5.69 Å². The maximum Gasteiger partial charge on any atom is 0.255 e. The largest absolute Gasteiger partial charge is 0.378 e. The van der Waals surface area contributed by atoms with Gasteiger partial charge in [-0.05, 0) is 91.0 Å². The molecule has 0 aliphatic heterocycles. The molecule has 1 fully saturated rings. The van der Waals surface area contributed by atoms with Crippen LogP contribution >= 0.6 is 24.4 Å². The summed E-state index contributed by atoms with van der Waals surface area (Å²) in [6.07, 6.45) is 1.13. The molecule has 1 saturated carbocycles. The van der Waals surface area contributed by atoms with Gasteiger partial charge in [0.15, 0.2) is 9.54 Å². The van der Waals surface area contributed by atoms with Crippen molar-refractivity contribution in [2.75, 3.05) is 36.3 Å². The van der Waals surface area contributed by atoms with Crippen LogP contribution in [-0.4, -0.2) is 47.9 Å². The van der Waals surface area contributed by atoms with Crippen LogP contribution in [0.2, 0.25) is 0 Å². The molecule has 0 saturated heterocycles. The molecule has 0 spiro atoms. The second-order valence-electron chi connectivity index (χ2n) is 9.25. The Balaban J connectivity index is 1.24. The molecule has 1 amide bonds. The number of likely N-dealkylation sites (N-methyl/N-ethyl adjacent to an activating group) is 1. The summed E-state index contributed by atoms with van der Waals surface area (Å²) < 4.78 is 2.63. The maximum atomic E-state index is 12.9. The van der Waals surface area contributed by atoms with Gasteiger partial charge < -0.3 is 15.1 Å². The van der Waals surface area contributed by atoms with Gasteiger partial charge in [-0.1, -0.05) is 18.2 Å². The van der Waals surface area contributed by atoms with Crippen LogP contribution in [0.4, 0.5) is 17.1 Å². The Morgan fingerprint density at radius 1 is 0.917 bits per heavy atom. The lowest BCUT2D eigenvalue weighted by Gasteiger charge is -2.20. The summed E-state index contributed by atoms with van der Waals surface area (Å²) in [5, 5.41) is 8.61. The molecule has 1 aliphatic rings. The minimum absolute atomic E-state index is 0.172. The molecule has 2 unspecified atom stereocenters. The van der Waals surface area contributed by atoms with Crippen LogP contribution in [-0.2, 0) is 0 Å². The number of carbonyl (C=O) groups excluding carboxylic acids is 1. The first kappa shape index (κ1) is 24.0. The van der Waals surface area contributed by atoms with Crippen LogP contribution in [0.3, 0.4) is 0 Å². The second kappa shape index (κ2) is 9.75. The average Bonchev–Trinajstić information content (AvgIpc) is 3.61. The second-order valence-corrected chi connectivity index (χ2v) is 10.0. The molecule has 1 aliphatic carbocycles. The van der Waals surface area contributed by atoms with E-state index in [1.54, 1.807) is 4.57 Å². The number of H-pyrrole nitrogens is 2. The zero-order chi connectivity index (χ0) is 25.4. The number of aromatic nitrogens is 3. The highest BCUT2D eigenvalue weighted by Gasteiger charge is 2.41. The Morgan fingerprint density at radius 3 is 2.19 bits per heavy atom. The fourth-order valence-electron chi connectivity index (χ4n) is 4.50. The summed E-state index contributed by atoms with van der Waals surface area (Å²) in [7, 11) is 6.23. The van der Waals surface area contributed by atoms with Crippen molar-refractivity contribution in [3.8, 4) is 5.69 Å². The van der Waals surface area contributed by atoms with E-state index < -0.39 is 0 Å². The molecule has 1 heterocycles. The number of amides is 1. The zero-order valence-electron chi connectivity index (χ0n) is 20.4. The van der Waals surface area contributed by atoms with Gasteiger partial charge in [0.1, 0.15) is 0 Å². The van der Waals surface area contributed by atoms with Crippen molar-refractivity contribution in [1.82, 2.24) is 14.8 Å². The van der Waals surface area contributed by atoms with Crippen molar-refractivity contribution in [2.24, 2.45) is 0 Å². The van der Waals surface area contributed by atoms with Crippen LogP contribution in [0.15, 0.2) is 72.8 Å². The first-order valence-corrected chi connectivity index (χ1v) is 12.5. The lowest BCUT2D eigenvalue weighted by atomic mass is 10.1. The predicted octanol–water partition coefficient (Wildman–Crippen LogP) is 5.90. The van der Waals surface area contributed by atoms with Crippen LogP contribution in [0.25, 0.3) is 5.69 Å². The highest BCUT2D eigenvalue weighted by atomic mass is 32.1. The molecular formula is C27H28N6OS2. The van der Waals surface area contributed by atoms with Gasteiger partial charge in [0.2, 0.25) is 0 Å². The van der Waals surface area contributed by atoms with Crippen molar-refractivity contribution >= 4 is 47.4 Å². The SMILES string of the molecule is CN(C)c1ccc(C2CC2N(C)c2ccc(C(=O)Nc3cccc(-n4c(=S)[nH][nH]c4=S)c3)cc2)cc1. The summed E-state index contributed by atoms with van der Waals surface area (Å²) >= 11 is 10.6.